The fraction of sp³-hybridized carbons (Fsp3) is 0.429. The van der Waals surface area contributed by atoms with Crippen LogP contribution in [0.1, 0.15) is 42.3 Å². The van der Waals surface area contributed by atoms with Gasteiger partial charge in [0.2, 0.25) is 5.91 Å². The van der Waals surface area contributed by atoms with Gasteiger partial charge in [-0.15, -0.1) is 0 Å². The van der Waals surface area contributed by atoms with Crippen molar-refractivity contribution in [2.45, 2.75) is 33.5 Å². The molecule has 0 aliphatic heterocycles. The highest BCUT2D eigenvalue weighted by Crippen LogP contribution is 2.30. The van der Waals surface area contributed by atoms with Gasteiger partial charge in [0.15, 0.2) is 0 Å². The number of amides is 1. The Labute approximate surface area is 120 Å². The summed E-state index contributed by atoms with van der Waals surface area (Å²) in [6.45, 7) is 4.66. The standard InChI is InChI=1S/C14H16F3NO3/c1-13(2,3)12(21)18-7-8-6-9(14(15,16)17)4-5-10(8)11(19)20/h4-6H,7H2,1-3H3,(H,18,21)(H,19,20). The molecule has 1 amide bonds. The number of carboxylic acid groups (broad SMARTS) is 1. The first-order valence-corrected chi connectivity index (χ1v) is 6.14. The highest BCUT2D eigenvalue weighted by molar-refractivity contribution is 5.90. The van der Waals surface area contributed by atoms with E-state index < -0.39 is 23.1 Å². The largest absolute Gasteiger partial charge is 0.478 e. The van der Waals surface area contributed by atoms with E-state index in [-0.39, 0.29) is 23.6 Å². The zero-order valence-electron chi connectivity index (χ0n) is 11.8. The van der Waals surface area contributed by atoms with Gasteiger partial charge in [0.25, 0.3) is 0 Å². The summed E-state index contributed by atoms with van der Waals surface area (Å²) in [5.74, 6) is -1.72. The molecule has 1 rings (SSSR count). The van der Waals surface area contributed by atoms with Crippen LogP contribution in [0.5, 0.6) is 0 Å². The molecular formula is C14H16F3NO3. The summed E-state index contributed by atoms with van der Waals surface area (Å²) < 4.78 is 38.0. The number of benzene rings is 1. The van der Waals surface area contributed by atoms with Gasteiger partial charge in [-0.05, 0) is 23.8 Å². The van der Waals surface area contributed by atoms with Crippen LogP contribution in [0.2, 0.25) is 0 Å². The first-order chi connectivity index (χ1) is 9.43. The maximum absolute atomic E-state index is 12.7. The molecule has 2 N–H and O–H groups in total. The average Bonchev–Trinajstić information content (AvgIpc) is 2.33. The minimum absolute atomic E-state index is 0.0880. The van der Waals surface area contributed by atoms with E-state index in [1.165, 1.54) is 0 Å². The molecule has 1 aromatic rings. The monoisotopic (exact) mass is 303 g/mol. The third-order valence-electron chi connectivity index (χ3n) is 2.78. The first kappa shape index (κ1) is 17.0. The molecule has 7 heteroatoms. The third-order valence-corrected chi connectivity index (χ3v) is 2.78. The van der Waals surface area contributed by atoms with Crippen LogP contribution >= 0.6 is 0 Å². The zero-order chi connectivity index (χ0) is 16.4. The highest BCUT2D eigenvalue weighted by Gasteiger charge is 2.31. The first-order valence-electron chi connectivity index (χ1n) is 6.14. The number of halogens is 3. The van der Waals surface area contributed by atoms with Crippen LogP contribution < -0.4 is 5.32 Å². The molecule has 0 aromatic heterocycles. The molecule has 0 unspecified atom stereocenters. The number of nitrogens with one attached hydrogen (secondary N) is 1. The maximum Gasteiger partial charge on any atom is 0.416 e. The Morgan fingerprint density at radius 1 is 1.19 bits per heavy atom. The summed E-state index contributed by atoms with van der Waals surface area (Å²) in [4.78, 5) is 22.8. The van der Waals surface area contributed by atoms with Crippen molar-refractivity contribution in [1.82, 2.24) is 5.32 Å². The second kappa shape index (κ2) is 5.75. The van der Waals surface area contributed by atoms with E-state index in [9.17, 15) is 22.8 Å². The maximum atomic E-state index is 12.7. The molecule has 0 spiro atoms. The molecule has 0 atom stereocenters. The lowest BCUT2D eigenvalue weighted by molar-refractivity contribution is -0.137. The van der Waals surface area contributed by atoms with Crippen LogP contribution in [-0.2, 0) is 17.5 Å². The van der Waals surface area contributed by atoms with Crippen molar-refractivity contribution in [2.24, 2.45) is 5.41 Å². The van der Waals surface area contributed by atoms with E-state index in [2.05, 4.69) is 5.32 Å². The molecule has 21 heavy (non-hydrogen) atoms. The molecule has 1 aromatic carbocycles. The smallest absolute Gasteiger partial charge is 0.416 e. The molecule has 0 aliphatic carbocycles. The Kier molecular flexibility index (Phi) is 4.65. The van der Waals surface area contributed by atoms with Crippen LogP contribution in [0.25, 0.3) is 0 Å². The van der Waals surface area contributed by atoms with Gasteiger partial charge in [0.1, 0.15) is 0 Å². The van der Waals surface area contributed by atoms with Gasteiger partial charge in [-0.2, -0.15) is 13.2 Å². The summed E-state index contributed by atoms with van der Waals surface area (Å²) in [5.41, 5.74) is -2.02. The summed E-state index contributed by atoms with van der Waals surface area (Å²) >= 11 is 0. The number of aromatic carboxylic acids is 1. The predicted molar refractivity (Wildman–Crippen MR) is 69.7 cm³/mol. The number of alkyl halides is 3. The Balaban J connectivity index is 3.08. The van der Waals surface area contributed by atoms with E-state index in [4.69, 9.17) is 5.11 Å². The number of hydrogen-bond acceptors (Lipinski definition) is 2. The molecule has 0 fully saturated rings. The number of hydrogen-bond donors (Lipinski definition) is 2. The van der Waals surface area contributed by atoms with Gasteiger partial charge in [0, 0.05) is 12.0 Å². The summed E-state index contributed by atoms with van der Waals surface area (Å²) in [6, 6.07) is 2.34. The summed E-state index contributed by atoms with van der Waals surface area (Å²) in [5, 5.41) is 11.4. The zero-order valence-corrected chi connectivity index (χ0v) is 11.8. The molecule has 116 valence electrons. The Morgan fingerprint density at radius 2 is 1.76 bits per heavy atom. The molecule has 0 radical (unpaired) electrons. The Hall–Kier alpha value is -2.05. The van der Waals surface area contributed by atoms with Crippen molar-refractivity contribution in [1.29, 1.82) is 0 Å². The lowest BCUT2D eigenvalue weighted by Crippen LogP contribution is -2.34. The molecule has 0 aliphatic rings. The highest BCUT2D eigenvalue weighted by atomic mass is 19.4. The second-order valence-corrected chi connectivity index (χ2v) is 5.61. The van der Waals surface area contributed by atoms with Gasteiger partial charge in [0.05, 0.1) is 11.1 Å². The average molecular weight is 303 g/mol. The van der Waals surface area contributed by atoms with E-state index in [1.54, 1.807) is 20.8 Å². The van der Waals surface area contributed by atoms with Crippen molar-refractivity contribution in [3.63, 3.8) is 0 Å². The molecule has 0 saturated heterocycles. The van der Waals surface area contributed by atoms with Gasteiger partial charge < -0.3 is 10.4 Å². The normalized spacial score (nSPS) is 12.1. The van der Waals surface area contributed by atoms with Crippen LogP contribution in [0.15, 0.2) is 18.2 Å². The molecule has 4 nitrogen and oxygen atoms in total. The van der Waals surface area contributed by atoms with E-state index in [0.29, 0.717) is 6.07 Å². The minimum Gasteiger partial charge on any atom is -0.478 e. The Bertz CT molecular complexity index is 560. The van der Waals surface area contributed by atoms with Crippen molar-refractivity contribution in [3.05, 3.63) is 34.9 Å². The van der Waals surface area contributed by atoms with Crippen LogP contribution in [0.3, 0.4) is 0 Å². The lowest BCUT2D eigenvalue weighted by atomic mass is 9.95. The van der Waals surface area contributed by atoms with Crippen molar-refractivity contribution >= 4 is 11.9 Å². The number of rotatable bonds is 3. The van der Waals surface area contributed by atoms with Crippen LogP contribution in [0, 0.1) is 5.41 Å². The van der Waals surface area contributed by atoms with E-state index in [0.717, 1.165) is 12.1 Å². The van der Waals surface area contributed by atoms with Gasteiger partial charge in [-0.25, -0.2) is 4.79 Å². The van der Waals surface area contributed by atoms with Crippen molar-refractivity contribution in [3.8, 4) is 0 Å². The molecular weight excluding hydrogens is 287 g/mol. The number of carboxylic acids is 1. The van der Waals surface area contributed by atoms with Gasteiger partial charge in [-0.1, -0.05) is 20.8 Å². The van der Waals surface area contributed by atoms with Crippen LogP contribution in [-0.4, -0.2) is 17.0 Å². The summed E-state index contributed by atoms with van der Waals surface area (Å²) in [7, 11) is 0. The SMILES string of the molecule is CC(C)(C)C(=O)NCc1cc(C(F)(F)F)ccc1C(=O)O. The second-order valence-electron chi connectivity index (χ2n) is 5.61. The molecule has 0 bridgehead atoms. The summed E-state index contributed by atoms with van der Waals surface area (Å²) in [6.07, 6.45) is -4.57. The number of carbonyl (C=O) groups excluding carboxylic acids is 1. The minimum atomic E-state index is -4.57. The molecule has 0 saturated carbocycles. The lowest BCUT2D eigenvalue weighted by Gasteiger charge is -2.18. The van der Waals surface area contributed by atoms with Crippen molar-refractivity contribution < 1.29 is 27.9 Å². The number of carbonyl (C=O) groups is 2. The van der Waals surface area contributed by atoms with Crippen LogP contribution in [0.4, 0.5) is 13.2 Å². The predicted octanol–water partition coefficient (Wildman–Crippen LogP) is 3.07. The fourth-order valence-electron chi connectivity index (χ4n) is 1.57. The van der Waals surface area contributed by atoms with E-state index >= 15 is 0 Å². The van der Waals surface area contributed by atoms with Gasteiger partial charge >= 0.3 is 12.1 Å². The third kappa shape index (κ3) is 4.47. The molecule has 0 heterocycles. The fourth-order valence-corrected chi connectivity index (χ4v) is 1.57. The van der Waals surface area contributed by atoms with E-state index in [1.807, 2.05) is 0 Å². The Morgan fingerprint density at radius 3 is 2.19 bits per heavy atom. The quantitative estimate of drug-likeness (QED) is 0.902. The van der Waals surface area contributed by atoms with Gasteiger partial charge in [-0.3, -0.25) is 4.79 Å². The topological polar surface area (TPSA) is 66.4 Å². The van der Waals surface area contributed by atoms with Crippen molar-refractivity contribution in [2.75, 3.05) is 0 Å².